The number of aryl methyl sites for hydroxylation is 2. The highest BCUT2D eigenvalue weighted by Crippen LogP contribution is 2.15. The molecule has 0 radical (unpaired) electrons. The van der Waals surface area contributed by atoms with Gasteiger partial charge < -0.3 is 4.74 Å². The largest absolute Gasteiger partial charge is 0.462 e. The van der Waals surface area contributed by atoms with Crippen LogP contribution in [0.5, 0.6) is 0 Å². The Hall–Kier alpha value is -3.29. The number of hydrogen-bond acceptors (Lipinski definition) is 5. The Morgan fingerprint density at radius 3 is 2.67 bits per heavy atom. The number of esters is 1. The quantitative estimate of drug-likeness (QED) is 0.653. The third-order valence-corrected chi connectivity index (χ3v) is 4.15. The minimum atomic E-state index is -0.673. The second kappa shape index (κ2) is 7.14. The van der Waals surface area contributed by atoms with Gasteiger partial charge in [0.05, 0.1) is 24.1 Å². The highest BCUT2D eigenvalue weighted by molar-refractivity contribution is 6.02. The van der Waals surface area contributed by atoms with Crippen LogP contribution in [0.1, 0.15) is 28.5 Å². The summed E-state index contributed by atoms with van der Waals surface area (Å²) in [5, 5.41) is -0.00227. The van der Waals surface area contributed by atoms with Gasteiger partial charge in [0.2, 0.25) is 0 Å². The minimum Gasteiger partial charge on any atom is -0.462 e. The molecular weight excluding hydrogens is 353 g/mol. The van der Waals surface area contributed by atoms with E-state index in [4.69, 9.17) is 4.74 Å². The van der Waals surface area contributed by atoms with E-state index in [1.807, 2.05) is 0 Å². The van der Waals surface area contributed by atoms with Crippen molar-refractivity contribution in [2.75, 3.05) is 6.61 Å². The van der Waals surface area contributed by atoms with Crippen molar-refractivity contribution >= 4 is 17.0 Å². The summed E-state index contributed by atoms with van der Waals surface area (Å²) in [5.41, 5.74) is -0.205. The lowest BCUT2D eigenvalue weighted by molar-refractivity contribution is 0.0528. The Morgan fingerprint density at radius 2 is 2.00 bits per heavy atom. The normalized spacial score (nSPS) is 11.0. The fourth-order valence-corrected chi connectivity index (χ4v) is 2.93. The number of carbonyl (C=O) groups excluding carboxylic acids is 1. The monoisotopic (exact) mass is 371 g/mol. The standard InChI is InChI=1S/C19H18FN3O4/c1-4-27-18(25)14-8-11(2)21-16-15(14)17(24)23(19(26)22(16)3)10-12-6-5-7-13(20)9-12/h5-9H,4,10H2,1-3H3. The first-order valence-corrected chi connectivity index (χ1v) is 8.36. The molecule has 0 saturated heterocycles. The van der Waals surface area contributed by atoms with Crippen LogP contribution in [-0.2, 0) is 18.3 Å². The Balaban J connectivity index is 2.32. The predicted octanol–water partition coefficient (Wildman–Crippen LogP) is 1.77. The van der Waals surface area contributed by atoms with Crippen LogP contribution >= 0.6 is 0 Å². The van der Waals surface area contributed by atoms with Gasteiger partial charge in [0, 0.05) is 12.7 Å². The van der Waals surface area contributed by atoms with E-state index in [1.165, 1.54) is 35.9 Å². The van der Waals surface area contributed by atoms with Gasteiger partial charge in [-0.1, -0.05) is 12.1 Å². The highest BCUT2D eigenvalue weighted by atomic mass is 19.1. The van der Waals surface area contributed by atoms with Crippen LogP contribution in [0.3, 0.4) is 0 Å². The van der Waals surface area contributed by atoms with Crippen LogP contribution in [-0.4, -0.2) is 26.7 Å². The topological polar surface area (TPSA) is 83.2 Å². The molecule has 2 aromatic heterocycles. The van der Waals surface area contributed by atoms with Crippen LogP contribution in [0, 0.1) is 12.7 Å². The first kappa shape index (κ1) is 18.5. The van der Waals surface area contributed by atoms with Gasteiger partial charge in [0.25, 0.3) is 5.56 Å². The summed E-state index contributed by atoms with van der Waals surface area (Å²) in [6.45, 7) is 3.33. The van der Waals surface area contributed by atoms with E-state index in [0.717, 1.165) is 4.57 Å². The number of fused-ring (bicyclic) bond motifs is 1. The van der Waals surface area contributed by atoms with E-state index in [0.29, 0.717) is 11.3 Å². The molecule has 0 aliphatic rings. The molecule has 0 spiro atoms. The molecular formula is C19H18FN3O4. The Labute approximate surface area is 153 Å². The predicted molar refractivity (Wildman–Crippen MR) is 97.4 cm³/mol. The van der Waals surface area contributed by atoms with Crippen molar-refractivity contribution in [1.29, 1.82) is 0 Å². The van der Waals surface area contributed by atoms with Crippen LogP contribution in [0.2, 0.25) is 0 Å². The van der Waals surface area contributed by atoms with Gasteiger partial charge >= 0.3 is 11.7 Å². The lowest BCUT2D eigenvalue weighted by atomic mass is 10.1. The maximum absolute atomic E-state index is 13.5. The number of rotatable bonds is 4. The van der Waals surface area contributed by atoms with E-state index in [-0.39, 0.29) is 29.7 Å². The molecule has 8 heteroatoms. The fraction of sp³-hybridized carbons (Fsp3) is 0.263. The van der Waals surface area contributed by atoms with Crippen LogP contribution in [0.25, 0.3) is 11.0 Å². The smallest absolute Gasteiger partial charge is 0.339 e. The summed E-state index contributed by atoms with van der Waals surface area (Å²) in [5.74, 6) is -1.14. The van der Waals surface area contributed by atoms with Crippen molar-refractivity contribution in [3.63, 3.8) is 0 Å². The molecule has 27 heavy (non-hydrogen) atoms. The molecule has 3 rings (SSSR count). The molecule has 0 amide bonds. The third kappa shape index (κ3) is 3.38. The van der Waals surface area contributed by atoms with E-state index in [9.17, 15) is 18.8 Å². The van der Waals surface area contributed by atoms with Crippen LogP contribution in [0.15, 0.2) is 39.9 Å². The van der Waals surface area contributed by atoms with Crippen LogP contribution in [0.4, 0.5) is 4.39 Å². The second-order valence-electron chi connectivity index (χ2n) is 6.09. The molecule has 0 saturated carbocycles. The van der Waals surface area contributed by atoms with E-state index in [2.05, 4.69) is 4.98 Å². The van der Waals surface area contributed by atoms with Gasteiger partial charge in [-0.2, -0.15) is 0 Å². The second-order valence-corrected chi connectivity index (χ2v) is 6.09. The fourth-order valence-electron chi connectivity index (χ4n) is 2.93. The van der Waals surface area contributed by atoms with Crippen LogP contribution < -0.4 is 11.2 Å². The minimum absolute atomic E-state index is 0.00227. The summed E-state index contributed by atoms with van der Waals surface area (Å²) in [6, 6.07) is 7.08. The zero-order valence-electron chi connectivity index (χ0n) is 15.2. The molecule has 0 aliphatic heterocycles. The van der Waals surface area contributed by atoms with Crippen molar-refractivity contribution < 1.29 is 13.9 Å². The number of aromatic nitrogens is 3. The third-order valence-electron chi connectivity index (χ3n) is 4.15. The first-order valence-electron chi connectivity index (χ1n) is 8.36. The molecule has 2 heterocycles. The van der Waals surface area contributed by atoms with Crippen molar-refractivity contribution in [3.05, 3.63) is 73.8 Å². The van der Waals surface area contributed by atoms with Crippen molar-refractivity contribution in [2.45, 2.75) is 20.4 Å². The van der Waals surface area contributed by atoms with Crippen molar-refractivity contribution in [2.24, 2.45) is 7.05 Å². The van der Waals surface area contributed by atoms with Gasteiger partial charge in [-0.15, -0.1) is 0 Å². The number of carbonyl (C=O) groups is 1. The van der Waals surface area contributed by atoms with Crippen molar-refractivity contribution in [1.82, 2.24) is 14.1 Å². The first-order chi connectivity index (χ1) is 12.8. The molecule has 3 aromatic rings. The molecule has 0 bridgehead atoms. The average molecular weight is 371 g/mol. The summed E-state index contributed by atoms with van der Waals surface area (Å²) in [4.78, 5) is 42.3. The van der Waals surface area contributed by atoms with Gasteiger partial charge in [-0.05, 0) is 37.6 Å². The molecule has 0 unspecified atom stereocenters. The lowest BCUT2D eigenvalue weighted by Crippen LogP contribution is -2.40. The number of benzene rings is 1. The van der Waals surface area contributed by atoms with Gasteiger partial charge in [-0.3, -0.25) is 13.9 Å². The Bertz CT molecular complexity index is 1160. The van der Waals surface area contributed by atoms with Gasteiger partial charge in [0.15, 0.2) is 0 Å². The average Bonchev–Trinajstić information content (AvgIpc) is 2.63. The maximum Gasteiger partial charge on any atom is 0.339 e. The lowest BCUT2D eigenvalue weighted by Gasteiger charge is -2.13. The zero-order valence-corrected chi connectivity index (χ0v) is 15.2. The molecule has 0 N–H and O–H groups in total. The Kier molecular flexibility index (Phi) is 4.89. The van der Waals surface area contributed by atoms with Gasteiger partial charge in [-0.25, -0.2) is 19.0 Å². The molecule has 0 fully saturated rings. The maximum atomic E-state index is 13.5. The van der Waals surface area contributed by atoms with Crippen molar-refractivity contribution in [3.8, 4) is 0 Å². The summed E-state index contributed by atoms with van der Waals surface area (Å²) < 4.78 is 20.7. The summed E-state index contributed by atoms with van der Waals surface area (Å²) >= 11 is 0. The number of nitrogens with zero attached hydrogens (tertiary/aromatic N) is 3. The van der Waals surface area contributed by atoms with Gasteiger partial charge in [0.1, 0.15) is 11.5 Å². The molecule has 0 aliphatic carbocycles. The number of ether oxygens (including phenoxy) is 1. The number of halogens is 1. The number of hydrogen-bond donors (Lipinski definition) is 0. The summed E-state index contributed by atoms with van der Waals surface area (Å²) in [7, 11) is 1.47. The number of pyridine rings is 1. The zero-order chi connectivity index (χ0) is 19.7. The summed E-state index contributed by atoms with van der Waals surface area (Å²) in [6.07, 6.45) is 0. The molecule has 0 atom stereocenters. The molecule has 1 aromatic carbocycles. The SMILES string of the molecule is CCOC(=O)c1cc(C)nc2c1c(=O)n(Cc1cccc(F)c1)c(=O)n2C. The molecule has 140 valence electrons. The highest BCUT2D eigenvalue weighted by Gasteiger charge is 2.21. The van der Waals surface area contributed by atoms with E-state index < -0.39 is 23.0 Å². The van der Waals surface area contributed by atoms with E-state index in [1.54, 1.807) is 19.9 Å². The Morgan fingerprint density at radius 1 is 1.26 bits per heavy atom. The van der Waals surface area contributed by atoms with E-state index >= 15 is 0 Å². The molecule has 7 nitrogen and oxygen atoms in total.